The van der Waals surface area contributed by atoms with Crippen LogP contribution in [-0.2, 0) is 18.4 Å². The molecule has 0 fully saturated rings. The molecule has 0 aliphatic rings. The third-order valence-electron chi connectivity index (χ3n) is 11.9. The van der Waals surface area contributed by atoms with Crippen molar-refractivity contribution < 1.29 is 32.9 Å². The fraction of sp³-hybridized carbons (Fsp3) is 0.868. The molecular formula is C53H104N2O6P+. The molecule has 0 aliphatic heterocycles. The quantitative estimate of drug-likeness (QED) is 0.0243. The molecule has 3 N–H and O–H groups in total. The van der Waals surface area contributed by atoms with E-state index in [1.807, 2.05) is 27.2 Å². The largest absolute Gasteiger partial charge is 0.472 e. The van der Waals surface area contributed by atoms with Crippen LogP contribution in [0.1, 0.15) is 245 Å². The zero-order chi connectivity index (χ0) is 45.7. The number of unbranched alkanes of at least 4 members (excludes halogenated alkanes) is 31. The molecule has 0 rings (SSSR count). The predicted molar refractivity (Wildman–Crippen MR) is 268 cm³/mol. The lowest BCUT2D eigenvalue weighted by Gasteiger charge is -2.25. The van der Waals surface area contributed by atoms with Crippen molar-refractivity contribution in [1.82, 2.24) is 5.32 Å². The van der Waals surface area contributed by atoms with Crippen LogP contribution < -0.4 is 5.32 Å². The van der Waals surface area contributed by atoms with Crippen molar-refractivity contribution in [3.63, 3.8) is 0 Å². The molecule has 3 unspecified atom stereocenters. The highest BCUT2D eigenvalue weighted by Gasteiger charge is 2.27. The number of aliphatic hydroxyl groups is 1. The SMILES string of the molecule is CCCCCCCCC/C=C/C(O)C(COP(=O)(O)OCC[N+](C)(C)C)NC(=O)CCCCCCCCCCCCCCCCC/C=C\C/C=C\CCCCCCCCCCC. The Morgan fingerprint density at radius 3 is 1.32 bits per heavy atom. The molecule has 8 nitrogen and oxygen atoms in total. The van der Waals surface area contributed by atoms with Crippen molar-refractivity contribution in [3.8, 4) is 0 Å². The minimum absolute atomic E-state index is 0.0618. The average Bonchev–Trinajstić information content (AvgIpc) is 3.23. The van der Waals surface area contributed by atoms with Gasteiger partial charge in [-0.2, -0.15) is 0 Å². The summed E-state index contributed by atoms with van der Waals surface area (Å²) in [6.07, 6.45) is 56.8. The van der Waals surface area contributed by atoms with Crippen LogP contribution in [0.3, 0.4) is 0 Å². The Kier molecular flexibility index (Phi) is 44.0. The normalized spacial score (nSPS) is 14.4. The van der Waals surface area contributed by atoms with Gasteiger partial charge in [0.1, 0.15) is 13.2 Å². The zero-order valence-electron chi connectivity index (χ0n) is 41.6. The Bertz CT molecular complexity index is 1110. The first kappa shape index (κ1) is 60.7. The van der Waals surface area contributed by atoms with E-state index in [2.05, 4.69) is 43.5 Å². The molecule has 0 bridgehead atoms. The summed E-state index contributed by atoms with van der Waals surface area (Å²) >= 11 is 0. The topological polar surface area (TPSA) is 105 Å². The van der Waals surface area contributed by atoms with Crippen LogP contribution in [0.5, 0.6) is 0 Å². The number of allylic oxidation sites excluding steroid dienone is 5. The van der Waals surface area contributed by atoms with Crippen LogP contribution in [0.4, 0.5) is 0 Å². The van der Waals surface area contributed by atoms with Gasteiger partial charge in [0.05, 0.1) is 39.9 Å². The molecule has 0 saturated heterocycles. The second-order valence-electron chi connectivity index (χ2n) is 19.3. The van der Waals surface area contributed by atoms with Gasteiger partial charge in [0.25, 0.3) is 0 Å². The Hall–Kier alpha value is -1.28. The van der Waals surface area contributed by atoms with E-state index in [1.165, 1.54) is 180 Å². The number of quaternary nitrogens is 1. The van der Waals surface area contributed by atoms with E-state index in [0.29, 0.717) is 17.4 Å². The van der Waals surface area contributed by atoms with Crippen LogP contribution in [-0.4, -0.2) is 73.4 Å². The van der Waals surface area contributed by atoms with E-state index in [-0.39, 0.29) is 19.1 Å². The molecule has 0 spiro atoms. The smallest absolute Gasteiger partial charge is 0.387 e. The Morgan fingerprint density at radius 1 is 0.548 bits per heavy atom. The maximum Gasteiger partial charge on any atom is 0.472 e. The maximum atomic E-state index is 12.9. The number of hydrogen-bond donors (Lipinski definition) is 3. The molecule has 62 heavy (non-hydrogen) atoms. The van der Waals surface area contributed by atoms with Gasteiger partial charge in [-0.1, -0.05) is 224 Å². The van der Waals surface area contributed by atoms with Crippen LogP contribution in [0, 0.1) is 0 Å². The molecule has 3 atom stereocenters. The van der Waals surface area contributed by atoms with Gasteiger partial charge in [0.15, 0.2) is 0 Å². The van der Waals surface area contributed by atoms with E-state index >= 15 is 0 Å². The number of rotatable bonds is 48. The van der Waals surface area contributed by atoms with Gasteiger partial charge in [-0.05, 0) is 51.4 Å². The molecule has 1 amide bonds. The lowest BCUT2D eigenvalue weighted by atomic mass is 10.0. The number of nitrogens with zero attached hydrogens (tertiary/aromatic N) is 1. The van der Waals surface area contributed by atoms with Gasteiger partial charge >= 0.3 is 7.82 Å². The minimum Gasteiger partial charge on any atom is -0.387 e. The highest BCUT2D eigenvalue weighted by molar-refractivity contribution is 7.47. The molecule has 9 heteroatoms. The molecule has 0 aromatic rings. The minimum atomic E-state index is -4.33. The van der Waals surface area contributed by atoms with Crippen LogP contribution in [0.25, 0.3) is 0 Å². The number of aliphatic hydroxyl groups excluding tert-OH is 1. The second kappa shape index (κ2) is 44.9. The molecule has 0 aromatic carbocycles. The summed E-state index contributed by atoms with van der Waals surface area (Å²) in [4.78, 5) is 23.1. The van der Waals surface area contributed by atoms with Gasteiger partial charge in [-0.15, -0.1) is 0 Å². The van der Waals surface area contributed by atoms with Gasteiger partial charge in [0.2, 0.25) is 5.91 Å². The van der Waals surface area contributed by atoms with Gasteiger partial charge < -0.3 is 19.8 Å². The maximum absolute atomic E-state index is 12.9. The van der Waals surface area contributed by atoms with Crippen LogP contribution in [0.15, 0.2) is 36.5 Å². The zero-order valence-corrected chi connectivity index (χ0v) is 42.5. The van der Waals surface area contributed by atoms with Crippen molar-refractivity contribution in [2.24, 2.45) is 0 Å². The van der Waals surface area contributed by atoms with E-state index in [9.17, 15) is 19.4 Å². The highest BCUT2D eigenvalue weighted by atomic mass is 31.2. The summed E-state index contributed by atoms with van der Waals surface area (Å²) in [6.45, 7) is 4.79. The summed E-state index contributed by atoms with van der Waals surface area (Å²) < 4.78 is 23.5. The number of likely N-dealkylation sites (N-methyl/N-ethyl adjacent to an activating group) is 1. The van der Waals surface area contributed by atoms with Crippen molar-refractivity contribution >= 4 is 13.7 Å². The number of phosphoric acid groups is 1. The average molecular weight is 896 g/mol. The predicted octanol–water partition coefficient (Wildman–Crippen LogP) is 15.4. The molecule has 0 aromatic heterocycles. The van der Waals surface area contributed by atoms with Gasteiger partial charge in [-0.3, -0.25) is 13.8 Å². The van der Waals surface area contributed by atoms with Gasteiger partial charge in [-0.25, -0.2) is 4.57 Å². The van der Waals surface area contributed by atoms with Crippen molar-refractivity contribution in [2.75, 3.05) is 40.9 Å². The molecular weight excluding hydrogens is 792 g/mol. The monoisotopic (exact) mass is 896 g/mol. The molecule has 366 valence electrons. The summed E-state index contributed by atoms with van der Waals surface area (Å²) in [7, 11) is 1.57. The van der Waals surface area contributed by atoms with E-state index < -0.39 is 20.0 Å². The molecule has 0 aliphatic carbocycles. The second-order valence-corrected chi connectivity index (χ2v) is 20.7. The molecule has 0 heterocycles. The first-order chi connectivity index (χ1) is 30.0. The van der Waals surface area contributed by atoms with E-state index in [4.69, 9.17) is 9.05 Å². The number of carbonyl (C=O) groups is 1. The number of hydrogen-bond acceptors (Lipinski definition) is 5. The first-order valence-corrected chi connectivity index (χ1v) is 27.9. The summed E-state index contributed by atoms with van der Waals surface area (Å²) in [5.41, 5.74) is 0. The fourth-order valence-corrected chi connectivity index (χ4v) is 8.40. The highest BCUT2D eigenvalue weighted by Crippen LogP contribution is 2.43. The van der Waals surface area contributed by atoms with Crippen molar-refractivity contribution in [2.45, 2.75) is 257 Å². The third-order valence-corrected chi connectivity index (χ3v) is 12.8. The van der Waals surface area contributed by atoms with Crippen LogP contribution in [0.2, 0.25) is 0 Å². The molecule has 0 saturated carbocycles. The summed E-state index contributed by atoms with van der Waals surface area (Å²) in [5.74, 6) is -0.178. The fourth-order valence-electron chi connectivity index (χ4n) is 7.66. The third kappa shape index (κ3) is 46.7. The van der Waals surface area contributed by atoms with Crippen LogP contribution >= 0.6 is 7.82 Å². The molecule has 0 radical (unpaired) electrons. The first-order valence-electron chi connectivity index (χ1n) is 26.4. The number of carbonyl (C=O) groups excluding carboxylic acids is 1. The number of amides is 1. The van der Waals surface area contributed by atoms with Crippen molar-refractivity contribution in [1.29, 1.82) is 0 Å². The Labute approximate surface area is 385 Å². The summed E-state index contributed by atoms with van der Waals surface area (Å²) in [6, 6.07) is -0.843. The number of phosphoric ester groups is 1. The van der Waals surface area contributed by atoms with E-state index in [1.54, 1.807) is 6.08 Å². The standard InChI is InChI=1S/C53H103N2O6P/c1-6-8-10-12-14-16-17-18-19-20-21-22-23-24-25-26-27-28-29-30-31-32-33-34-35-36-37-39-41-43-45-47-53(57)54-51(50-61-62(58,59)60-49-48-55(3,4)5)52(56)46-44-42-40-38-15-13-11-9-7-2/h21-22,24-25,44,46,51-52,56H,6-20,23,26-43,45,47-50H2,1-5H3,(H-,54,57,58,59)/p+1/b22-21-,25-24-,46-44+. The van der Waals surface area contributed by atoms with Crippen molar-refractivity contribution in [3.05, 3.63) is 36.5 Å². The Balaban J connectivity index is 3.98. The summed E-state index contributed by atoms with van der Waals surface area (Å²) in [5, 5.41) is 13.8. The van der Waals surface area contributed by atoms with E-state index in [0.717, 1.165) is 44.9 Å². The van der Waals surface area contributed by atoms with Gasteiger partial charge in [0, 0.05) is 6.42 Å². The lowest BCUT2D eigenvalue weighted by molar-refractivity contribution is -0.870. The Morgan fingerprint density at radius 2 is 0.919 bits per heavy atom. The lowest BCUT2D eigenvalue weighted by Crippen LogP contribution is -2.45. The number of nitrogens with one attached hydrogen (secondary N) is 1.